The van der Waals surface area contributed by atoms with Crippen molar-refractivity contribution in [3.05, 3.63) is 29.8 Å². The highest BCUT2D eigenvalue weighted by molar-refractivity contribution is 5.81. The molecule has 1 fully saturated rings. The topological polar surface area (TPSA) is 26.3 Å². The summed E-state index contributed by atoms with van der Waals surface area (Å²) in [6.07, 6.45) is 6.25. The normalized spacial score (nSPS) is 22.4. The van der Waals surface area contributed by atoms with Gasteiger partial charge < -0.3 is 4.74 Å². The Morgan fingerprint density at radius 1 is 1.26 bits per heavy atom. The van der Waals surface area contributed by atoms with Gasteiger partial charge in [0.05, 0.1) is 7.11 Å². The van der Waals surface area contributed by atoms with Crippen LogP contribution in [0.25, 0.3) is 0 Å². The number of rotatable bonds is 6. The van der Waals surface area contributed by atoms with Gasteiger partial charge in [0.15, 0.2) is 0 Å². The smallest absolute Gasteiger partial charge is 0.136 e. The second kappa shape index (κ2) is 6.74. The number of methoxy groups -OCH3 is 1. The number of aryl methyl sites for hydroxylation is 1. The van der Waals surface area contributed by atoms with Gasteiger partial charge >= 0.3 is 0 Å². The van der Waals surface area contributed by atoms with Crippen LogP contribution in [0.15, 0.2) is 24.3 Å². The lowest BCUT2D eigenvalue weighted by Gasteiger charge is -2.09. The minimum absolute atomic E-state index is 0.336. The molecule has 104 valence electrons. The molecule has 0 radical (unpaired) electrons. The molecule has 0 spiro atoms. The summed E-state index contributed by atoms with van der Waals surface area (Å²) in [5.41, 5.74) is 1.22. The molecule has 2 rings (SSSR count). The Bertz CT molecular complexity index is 408. The van der Waals surface area contributed by atoms with E-state index in [2.05, 4.69) is 19.1 Å². The number of Topliss-reactive ketones (excluding diaryl/α,β-unsaturated/α-hetero) is 1. The molecule has 2 nitrogen and oxygen atoms in total. The summed E-state index contributed by atoms with van der Waals surface area (Å²) in [7, 11) is 1.67. The number of ketones is 1. The van der Waals surface area contributed by atoms with Crippen molar-refractivity contribution in [3.63, 3.8) is 0 Å². The van der Waals surface area contributed by atoms with E-state index in [1.165, 1.54) is 18.4 Å². The van der Waals surface area contributed by atoms with Crippen LogP contribution in [0, 0.1) is 11.8 Å². The minimum Gasteiger partial charge on any atom is -0.497 e. The van der Waals surface area contributed by atoms with Gasteiger partial charge in [0, 0.05) is 12.3 Å². The standard InChI is InChI=1S/C17H24O2/c1-3-13-4-8-15(12-13)17(18)11-7-14-5-9-16(19-2)10-6-14/h5-6,9-10,13,15H,3-4,7-8,11-12H2,1-2H3. The SMILES string of the molecule is CCC1CCC(C(=O)CCc2ccc(OC)cc2)C1. The molecule has 0 aliphatic heterocycles. The average molecular weight is 260 g/mol. The first kappa shape index (κ1) is 14.1. The highest BCUT2D eigenvalue weighted by Crippen LogP contribution is 2.34. The zero-order valence-corrected chi connectivity index (χ0v) is 12.0. The van der Waals surface area contributed by atoms with E-state index in [4.69, 9.17) is 4.74 Å². The van der Waals surface area contributed by atoms with Crippen LogP contribution in [0.3, 0.4) is 0 Å². The lowest BCUT2D eigenvalue weighted by molar-refractivity contribution is -0.122. The number of benzene rings is 1. The van der Waals surface area contributed by atoms with Gasteiger partial charge in [-0.2, -0.15) is 0 Å². The van der Waals surface area contributed by atoms with Crippen LogP contribution in [0.1, 0.15) is 44.6 Å². The molecule has 1 aliphatic carbocycles. The molecule has 2 atom stereocenters. The predicted molar refractivity (Wildman–Crippen MR) is 77.4 cm³/mol. The van der Waals surface area contributed by atoms with E-state index in [1.807, 2.05) is 12.1 Å². The second-order valence-corrected chi connectivity index (χ2v) is 5.60. The lowest BCUT2D eigenvalue weighted by atomic mass is 9.95. The molecular weight excluding hydrogens is 236 g/mol. The average Bonchev–Trinajstić information content (AvgIpc) is 2.94. The van der Waals surface area contributed by atoms with Crippen molar-refractivity contribution in [2.45, 2.75) is 45.4 Å². The van der Waals surface area contributed by atoms with Gasteiger partial charge in [-0.1, -0.05) is 25.5 Å². The van der Waals surface area contributed by atoms with Gasteiger partial charge in [-0.15, -0.1) is 0 Å². The summed E-state index contributed by atoms with van der Waals surface area (Å²) in [5, 5.41) is 0. The molecule has 1 aromatic rings. The summed E-state index contributed by atoms with van der Waals surface area (Å²) in [5.74, 6) is 2.46. The van der Waals surface area contributed by atoms with Crippen molar-refractivity contribution in [1.29, 1.82) is 0 Å². The van der Waals surface area contributed by atoms with Crippen LogP contribution in [-0.2, 0) is 11.2 Å². The minimum atomic E-state index is 0.336. The fourth-order valence-corrected chi connectivity index (χ4v) is 3.00. The van der Waals surface area contributed by atoms with Crippen LogP contribution in [0.4, 0.5) is 0 Å². The Hall–Kier alpha value is -1.31. The Balaban J connectivity index is 1.80. The molecule has 0 saturated heterocycles. The van der Waals surface area contributed by atoms with Gasteiger partial charge in [-0.3, -0.25) is 4.79 Å². The Labute approximate surface area is 116 Å². The third-order valence-electron chi connectivity index (χ3n) is 4.39. The molecule has 2 unspecified atom stereocenters. The number of carbonyl (C=O) groups excluding carboxylic acids is 1. The van der Waals surface area contributed by atoms with E-state index >= 15 is 0 Å². The van der Waals surface area contributed by atoms with E-state index in [-0.39, 0.29) is 0 Å². The molecule has 0 amide bonds. The summed E-state index contributed by atoms with van der Waals surface area (Å²) in [6, 6.07) is 8.02. The molecule has 0 bridgehead atoms. The number of hydrogen-bond donors (Lipinski definition) is 0. The molecule has 2 heteroatoms. The Morgan fingerprint density at radius 2 is 2.00 bits per heavy atom. The summed E-state index contributed by atoms with van der Waals surface area (Å²) < 4.78 is 5.13. The fourth-order valence-electron chi connectivity index (χ4n) is 3.00. The van der Waals surface area contributed by atoms with E-state index in [1.54, 1.807) is 7.11 Å². The molecule has 0 aromatic heterocycles. The number of ether oxygens (including phenoxy) is 1. The first-order chi connectivity index (χ1) is 9.22. The number of carbonyl (C=O) groups is 1. The summed E-state index contributed by atoms with van der Waals surface area (Å²) >= 11 is 0. The maximum absolute atomic E-state index is 12.2. The Morgan fingerprint density at radius 3 is 2.58 bits per heavy atom. The van der Waals surface area contributed by atoms with Gasteiger partial charge in [-0.05, 0) is 49.3 Å². The highest BCUT2D eigenvalue weighted by atomic mass is 16.5. The van der Waals surface area contributed by atoms with Crippen molar-refractivity contribution in [3.8, 4) is 5.75 Å². The maximum atomic E-state index is 12.2. The van der Waals surface area contributed by atoms with Crippen LogP contribution < -0.4 is 4.74 Å². The lowest BCUT2D eigenvalue weighted by Crippen LogP contribution is -2.12. The monoisotopic (exact) mass is 260 g/mol. The number of hydrogen-bond acceptors (Lipinski definition) is 2. The van der Waals surface area contributed by atoms with E-state index in [9.17, 15) is 4.79 Å². The zero-order valence-electron chi connectivity index (χ0n) is 12.0. The zero-order chi connectivity index (χ0) is 13.7. The molecule has 1 saturated carbocycles. The van der Waals surface area contributed by atoms with Crippen LogP contribution in [-0.4, -0.2) is 12.9 Å². The first-order valence-corrected chi connectivity index (χ1v) is 7.38. The second-order valence-electron chi connectivity index (χ2n) is 5.60. The largest absolute Gasteiger partial charge is 0.497 e. The van der Waals surface area contributed by atoms with Crippen LogP contribution >= 0.6 is 0 Å². The van der Waals surface area contributed by atoms with Gasteiger partial charge in [0.1, 0.15) is 11.5 Å². The molecular formula is C17H24O2. The quantitative estimate of drug-likeness (QED) is 0.772. The summed E-state index contributed by atoms with van der Waals surface area (Å²) in [6.45, 7) is 2.23. The van der Waals surface area contributed by atoms with Gasteiger partial charge in [-0.25, -0.2) is 0 Å². The van der Waals surface area contributed by atoms with Crippen molar-refractivity contribution < 1.29 is 9.53 Å². The van der Waals surface area contributed by atoms with Crippen LogP contribution in [0.2, 0.25) is 0 Å². The molecule has 1 aliphatic rings. The fraction of sp³-hybridized carbons (Fsp3) is 0.588. The maximum Gasteiger partial charge on any atom is 0.136 e. The van der Waals surface area contributed by atoms with E-state index in [0.717, 1.165) is 30.9 Å². The third-order valence-corrected chi connectivity index (χ3v) is 4.39. The molecule has 0 heterocycles. The Kier molecular flexibility index (Phi) is 5.00. The van der Waals surface area contributed by atoms with E-state index < -0.39 is 0 Å². The van der Waals surface area contributed by atoms with Gasteiger partial charge in [0.25, 0.3) is 0 Å². The predicted octanol–water partition coefficient (Wildman–Crippen LogP) is 4.02. The van der Waals surface area contributed by atoms with Crippen molar-refractivity contribution in [1.82, 2.24) is 0 Å². The van der Waals surface area contributed by atoms with Crippen molar-refractivity contribution in [2.75, 3.05) is 7.11 Å². The van der Waals surface area contributed by atoms with E-state index in [0.29, 0.717) is 18.1 Å². The summed E-state index contributed by atoms with van der Waals surface area (Å²) in [4.78, 5) is 12.2. The third kappa shape index (κ3) is 3.82. The molecule has 19 heavy (non-hydrogen) atoms. The first-order valence-electron chi connectivity index (χ1n) is 7.38. The van der Waals surface area contributed by atoms with Crippen molar-refractivity contribution >= 4 is 5.78 Å². The van der Waals surface area contributed by atoms with Crippen LogP contribution in [0.5, 0.6) is 5.75 Å². The molecule has 0 N–H and O–H groups in total. The highest BCUT2D eigenvalue weighted by Gasteiger charge is 2.28. The van der Waals surface area contributed by atoms with Gasteiger partial charge in [0.2, 0.25) is 0 Å². The molecule has 1 aromatic carbocycles. The van der Waals surface area contributed by atoms with Crippen molar-refractivity contribution in [2.24, 2.45) is 11.8 Å².